The molecule has 0 saturated heterocycles. The molecular weight excluding hydrogens is 230 g/mol. The van der Waals surface area contributed by atoms with Crippen LogP contribution in [0.1, 0.15) is 70.8 Å². The fraction of sp³-hybridized carbons (Fsp3) is 0.667. The summed E-state index contributed by atoms with van der Waals surface area (Å²) >= 11 is 0. The first-order valence-electron chi connectivity index (χ1n) is 8.05. The van der Waals surface area contributed by atoms with Gasteiger partial charge in [-0.25, -0.2) is 0 Å². The summed E-state index contributed by atoms with van der Waals surface area (Å²) in [7, 11) is 0. The summed E-state index contributed by atoms with van der Waals surface area (Å²) < 4.78 is 0. The van der Waals surface area contributed by atoms with Gasteiger partial charge in [0, 0.05) is 11.7 Å². The van der Waals surface area contributed by atoms with E-state index in [0.717, 1.165) is 5.92 Å². The number of nitrogens with one attached hydrogen (secondary N) is 1. The van der Waals surface area contributed by atoms with Gasteiger partial charge >= 0.3 is 0 Å². The van der Waals surface area contributed by atoms with E-state index in [2.05, 4.69) is 50.4 Å². The maximum absolute atomic E-state index is 3.76. The van der Waals surface area contributed by atoms with E-state index in [9.17, 15) is 0 Å². The van der Waals surface area contributed by atoms with Crippen LogP contribution in [0.3, 0.4) is 0 Å². The molecule has 0 radical (unpaired) electrons. The molecule has 0 aliphatic heterocycles. The first-order valence-corrected chi connectivity index (χ1v) is 8.05. The molecule has 19 heavy (non-hydrogen) atoms. The Labute approximate surface area is 118 Å². The molecule has 1 aliphatic rings. The van der Waals surface area contributed by atoms with E-state index >= 15 is 0 Å². The van der Waals surface area contributed by atoms with Crippen LogP contribution in [0.15, 0.2) is 24.3 Å². The fourth-order valence-corrected chi connectivity index (χ4v) is 3.15. The molecule has 1 aromatic rings. The molecule has 0 amide bonds. The van der Waals surface area contributed by atoms with Gasteiger partial charge in [-0.15, -0.1) is 0 Å². The van der Waals surface area contributed by atoms with Crippen LogP contribution in [0, 0.1) is 5.92 Å². The highest BCUT2D eigenvalue weighted by molar-refractivity contribution is 5.47. The topological polar surface area (TPSA) is 12.0 Å². The Morgan fingerprint density at radius 3 is 2.74 bits per heavy atom. The van der Waals surface area contributed by atoms with Crippen LogP contribution in [0.2, 0.25) is 0 Å². The monoisotopic (exact) mass is 259 g/mol. The van der Waals surface area contributed by atoms with Gasteiger partial charge in [0.25, 0.3) is 0 Å². The minimum absolute atomic E-state index is 0.611. The van der Waals surface area contributed by atoms with Gasteiger partial charge in [-0.3, -0.25) is 0 Å². The lowest BCUT2D eigenvalue weighted by atomic mass is 9.97. The summed E-state index contributed by atoms with van der Waals surface area (Å²) in [5, 5.41) is 3.76. The van der Waals surface area contributed by atoms with Gasteiger partial charge in [-0.05, 0) is 48.8 Å². The summed E-state index contributed by atoms with van der Waals surface area (Å²) in [6.45, 7) is 6.86. The Balaban J connectivity index is 1.95. The van der Waals surface area contributed by atoms with Crippen LogP contribution in [-0.2, 0) is 0 Å². The summed E-state index contributed by atoms with van der Waals surface area (Å²) in [5.41, 5.74) is 2.75. The molecule has 1 fully saturated rings. The molecule has 1 saturated carbocycles. The molecule has 0 heterocycles. The summed E-state index contributed by atoms with van der Waals surface area (Å²) in [5.74, 6) is 1.58. The molecule has 2 atom stereocenters. The van der Waals surface area contributed by atoms with Crippen molar-refractivity contribution in [2.24, 2.45) is 5.92 Å². The van der Waals surface area contributed by atoms with Gasteiger partial charge in [-0.1, -0.05) is 52.2 Å². The number of hydrogen-bond acceptors (Lipinski definition) is 1. The number of benzene rings is 1. The second-order valence-corrected chi connectivity index (χ2v) is 6.40. The maximum Gasteiger partial charge on any atom is 0.0345 e. The highest BCUT2D eigenvalue weighted by Gasteiger charge is 2.17. The molecule has 1 aliphatic carbocycles. The Morgan fingerprint density at radius 1 is 1.16 bits per heavy atom. The lowest BCUT2D eigenvalue weighted by Gasteiger charge is -2.19. The Bertz CT molecular complexity index is 383. The Hall–Kier alpha value is -0.980. The van der Waals surface area contributed by atoms with Crippen molar-refractivity contribution in [3.05, 3.63) is 29.8 Å². The largest absolute Gasteiger partial charge is 0.382 e. The summed E-state index contributed by atoms with van der Waals surface area (Å²) in [6, 6.07) is 9.64. The van der Waals surface area contributed by atoms with Crippen molar-refractivity contribution in [1.29, 1.82) is 0 Å². The lowest BCUT2D eigenvalue weighted by molar-refractivity contribution is 0.444. The third-order valence-electron chi connectivity index (χ3n) is 4.59. The van der Waals surface area contributed by atoms with E-state index in [-0.39, 0.29) is 0 Å². The Morgan fingerprint density at radius 2 is 2.00 bits per heavy atom. The van der Waals surface area contributed by atoms with Crippen molar-refractivity contribution < 1.29 is 0 Å². The first-order chi connectivity index (χ1) is 9.19. The highest BCUT2D eigenvalue weighted by Crippen LogP contribution is 2.28. The lowest BCUT2D eigenvalue weighted by Crippen LogP contribution is -2.18. The van der Waals surface area contributed by atoms with Crippen molar-refractivity contribution in [2.45, 2.75) is 71.3 Å². The van der Waals surface area contributed by atoms with Gasteiger partial charge in [0.15, 0.2) is 0 Å². The molecule has 2 unspecified atom stereocenters. The first kappa shape index (κ1) is 14.4. The van der Waals surface area contributed by atoms with E-state index < -0.39 is 0 Å². The molecule has 1 nitrogen and oxygen atoms in total. The second kappa shape index (κ2) is 6.98. The number of anilines is 1. The smallest absolute Gasteiger partial charge is 0.0345 e. The average Bonchev–Trinajstić information content (AvgIpc) is 2.64. The summed E-state index contributed by atoms with van der Waals surface area (Å²) in [6.07, 6.45) is 8.25. The predicted molar refractivity (Wildman–Crippen MR) is 84.8 cm³/mol. The van der Waals surface area contributed by atoms with Crippen LogP contribution < -0.4 is 5.32 Å². The Kier molecular flexibility index (Phi) is 5.30. The van der Waals surface area contributed by atoms with E-state index in [4.69, 9.17) is 0 Å². The SMILES string of the molecule is CCC1CCCC(Nc2cccc(C(C)C)c2)CC1. The van der Waals surface area contributed by atoms with Crippen molar-refractivity contribution in [2.75, 3.05) is 5.32 Å². The third-order valence-corrected chi connectivity index (χ3v) is 4.59. The van der Waals surface area contributed by atoms with Crippen LogP contribution in [-0.4, -0.2) is 6.04 Å². The fourth-order valence-electron chi connectivity index (χ4n) is 3.15. The predicted octanol–water partition coefficient (Wildman–Crippen LogP) is 5.58. The zero-order valence-electron chi connectivity index (χ0n) is 12.8. The van der Waals surface area contributed by atoms with Gasteiger partial charge in [0.1, 0.15) is 0 Å². The number of hydrogen-bond donors (Lipinski definition) is 1. The zero-order chi connectivity index (χ0) is 13.7. The van der Waals surface area contributed by atoms with Gasteiger partial charge < -0.3 is 5.32 Å². The van der Waals surface area contributed by atoms with Crippen molar-refractivity contribution >= 4 is 5.69 Å². The van der Waals surface area contributed by atoms with E-state index in [0.29, 0.717) is 12.0 Å². The van der Waals surface area contributed by atoms with Crippen molar-refractivity contribution in [3.63, 3.8) is 0 Å². The van der Waals surface area contributed by atoms with Crippen LogP contribution in [0.25, 0.3) is 0 Å². The zero-order valence-corrected chi connectivity index (χ0v) is 12.8. The maximum atomic E-state index is 3.76. The second-order valence-electron chi connectivity index (χ2n) is 6.40. The van der Waals surface area contributed by atoms with Gasteiger partial charge in [0.2, 0.25) is 0 Å². The van der Waals surface area contributed by atoms with Gasteiger partial charge in [-0.2, -0.15) is 0 Å². The standard InChI is InChI=1S/C18H29N/c1-4-15-7-5-9-17(12-11-15)19-18-10-6-8-16(13-18)14(2)3/h6,8,10,13-15,17,19H,4-5,7,9,11-12H2,1-3H3. The van der Waals surface area contributed by atoms with Crippen LogP contribution in [0.4, 0.5) is 5.69 Å². The number of rotatable bonds is 4. The van der Waals surface area contributed by atoms with Gasteiger partial charge in [0.05, 0.1) is 0 Å². The molecule has 1 heteroatoms. The van der Waals surface area contributed by atoms with Crippen LogP contribution >= 0.6 is 0 Å². The molecule has 106 valence electrons. The minimum atomic E-state index is 0.611. The molecular formula is C18H29N. The van der Waals surface area contributed by atoms with E-state index in [1.165, 1.54) is 49.8 Å². The van der Waals surface area contributed by atoms with Crippen molar-refractivity contribution in [3.8, 4) is 0 Å². The molecule has 0 aromatic heterocycles. The third kappa shape index (κ3) is 4.26. The minimum Gasteiger partial charge on any atom is -0.382 e. The average molecular weight is 259 g/mol. The molecule has 0 spiro atoms. The molecule has 1 N–H and O–H groups in total. The van der Waals surface area contributed by atoms with Crippen LogP contribution in [0.5, 0.6) is 0 Å². The summed E-state index contributed by atoms with van der Waals surface area (Å²) in [4.78, 5) is 0. The quantitative estimate of drug-likeness (QED) is 0.696. The molecule has 2 rings (SSSR count). The van der Waals surface area contributed by atoms with E-state index in [1.807, 2.05) is 0 Å². The molecule has 0 bridgehead atoms. The van der Waals surface area contributed by atoms with E-state index in [1.54, 1.807) is 0 Å². The normalized spacial score (nSPS) is 24.2. The van der Waals surface area contributed by atoms with Crippen molar-refractivity contribution in [1.82, 2.24) is 0 Å². The highest BCUT2D eigenvalue weighted by atomic mass is 14.9. The molecule has 1 aromatic carbocycles.